The maximum atomic E-state index is 10.5. The van der Waals surface area contributed by atoms with Gasteiger partial charge in [0.1, 0.15) is 0 Å². The zero-order chi connectivity index (χ0) is 10.8. The molecule has 2 heterocycles. The highest BCUT2D eigenvalue weighted by atomic mass is 16.4. The van der Waals surface area contributed by atoms with Crippen LogP contribution in [0.4, 0.5) is 0 Å². The van der Waals surface area contributed by atoms with Gasteiger partial charge >= 0.3 is 5.97 Å². The molecule has 0 aliphatic carbocycles. The summed E-state index contributed by atoms with van der Waals surface area (Å²) in [5.41, 5.74) is 1.16. The number of furan rings is 1. The fourth-order valence-electron chi connectivity index (χ4n) is 2.03. The van der Waals surface area contributed by atoms with Crippen molar-refractivity contribution in [2.45, 2.75) is 19.4 Å². The van der Waals surface area contributed by atoms with E-state index in [4.69, 9.17) is 9.52 Å². The van der Waals surface area contributed by atoms with E-state index in [1.807, 2.05) is 6.07 Å². The van der Waals surface area contributed by atoms with Gasteiger partial charge in [-0.15, -0.1) is 0 Å². The second-order valence-corrected chi connectivity index (χ2v) is 4.15. The molecule has 0 amide bonds. The van der Waals surface area contributed by atoms with Gasteiger partial charge in [0.15, 0.2) is 0 Å². The first-order valence-electron chi connectivity index (χ1n) is 5.14. The first-order chi connectivity index (χ1) is 7.16. The van der Waals surface area contributed by atoms with Crippen LogP contribution in [-0.2, 0) is 4.79 Å². The smallest absolute Gasteiger partial charge is 0.303 e. The van der Waals surface area contributed by atoms with Gasteiger partial charge in [-0.2, -0.15) is 0 Å². The minimum Gasteiger partial charge on any atom is -0.481 e. The number of hydrogen-bond donors (Lipinski definition) is 1. The van der Waals surface area contributed by atoms with Crippen LogP contribution in [0.2, 0.25) is 0 Å². The molecular formula is C11H15NO3. The van der Waals surface area contributed by atoms with Gasteiger partial charge in [-0.05, 0) is 18.9 Å². The van der Waals surface area contributed by atoms with Crippen molar-refractivity contribution >= 4 is 5.97 Å². The Labute approximate surface area is 88.5 Å². The van der Waals surface area contributed by atoms with Crippen molar-refractivity contribution in [2.75, 3.05) is 13.1 Å². The number of likely N-dealkylation sites (tertiary alicyclic amines) is 1. The van der Waals surface area contributed by atoms with Crippen LogP contribution in [0.25, 0.3) is 0 Å². The molecule has 1 aromatic rings. The number of hydrogen-bond acceptors (Lipinski definition) is 3. The minimum absolute atomic E-state index is 0.286. The Hall–Kier alpha value is -1.29. The van der Waals surface area contributed by atoms with E-state index >= 15 is 0 Å². The predicted molar refractivity (Wildman–Crippen MR) is 54.4 cm³/mol. The van der Waals surface area contributed by atoms with Crippen molar-refractivity contribution in [3.05, 3.63) is 24.2 Å². The van der Waals surface area contributed by atoms with Crippen LogP contribution >= 0.6 is 0 Å². The third-order valence-corrected chi connectivity index (χ3v) is 3.02. The van der Waals surface area contributed by atoms with Crippen molar-refractivity contribution in [1.82, 2.24) is 4.90 Å². The number of carbonyl (C=O) groups is 1. The second-order valence-electron chi connectivity index (χ2n) is 4.15. The van der Waals surface area contributed by atoms with Crippen LogP contribution in [-0.4, -0.2) is 29.1 Å². The fourth-order valence-corrected chi connectivity index (χ4v) is 2.03. The summed E-state index contributed by atoms with van der Waals surface area (Å²) >= 11 is 0. The molecule has 0 saturated carbocycles. The van der Waals surface area contributed by atoms with Crippen LogP contribution in [0.15, 0.2) is 23.0 Å². The first kappa shape index (κ1) is 10.2. The molecule has 1 saturated heterocycles. The number of nitrogens with zero attached hydrogens (tertiary/aromatic N) is 1. The zero-order valence-electron chi connectivity index (χ0n) is 8.72. The minimum atomic E-state index is -0.699. The molecule has 1 aliphatic heterocycles. The van der Waals surface area contributed by atoms with Crippen LogP contribution in [0.1, 0.15) is 24.9 Å². The van der Waals surface area contributed by atoms with E-state index in [1.165, 1.54) is 0 Å². The van der Waals surface area contributed by atoms with E-state index in [0.29, 0.717) is 12.0 Å². The lowest BCUT2D eigenvalue weighted by Crippen LogP contribution is -2.48. The fraction of sp³-hybridized carbons (Fsp3) is 0.545. The Morgan fingerprint density at radius 1 is 1.73 bits per heavy atom. The Kier molecular flexibility index (Phi) is 2.77. The number of rotatable bonds is 4. The second kappa shape index (κ2) is 4.06. The van der Waals surface area contributed by atoms with Gasteiger partial charge in [-0.3, -0.25) is 9.69 Å². The van der Waals surface area contributed by atoms with E-state index in [1.54, 1.807) is 12.5 Å². The molecule has 1 aromatic heterocycles. The van der Waals surface area contributed by atoms with E-state index in [0.717, 1.165) is 18.7 Å². The first-order valence-corrected chi connectivity index (χ1v) is 5.14. The molecule has 2 rings (SSSR count). The quantitative estimate of drug-likeness (QED) is 0.820. The van der Waals surface area contributed by atoms with Gasteiger partial charge < -0.3 is 9.52 Å². The SMILES string of the molecule is CC(c1ccoc1)N1CC(CC(=O)O)C1. The summed E-state index contributed by atoms with van der Waals surface area (Å²) in [6, 6.07) is 2.28. The molecule has 1 N–H and O–H groups in total. The molecule has 82 valence electrons. The van der Waals surface area contributed by atoms with Gasteiger partial charge in [0, 0.05) is 24.7 Å². The van der Waals surface area contributed by atoms with Gasteiger partial charge in [-0.1, -0.05) is 0 Å². The molecule has 1 unspecified atom stereocenters. The Morgan fingerprint density at radius 3 is 3.00 bits per heavy atom. The number of carboxylic acid groups (broad SMARTS) is 1. The highest BCUT2D eigenvalue weighted by molar-refractivity contribution is 5.67. The van der Waals surface area contributed by atoms with E-state index in [-0.39, 0.29) is 6.42 Å². The Balaban J connectivity index is 1.82. The van der Waals surface area contributed by atoms with Crippen LogP contribution in [0.3, 0.4) is 0 Å². The summed E-state index contributed by atoms with van der Waals surface area (Å²) in [5.74, 6) is -0.382. The molecule has 1 atom stereocenters. The maximum absolute atomic E-state index is 10.5. The molecule has 15 heavy (non-hydrogen) atoms. The largest absolute Gasteiger partial charge is 0.481 e. The van der Waals surface area contributed by atoms with E-state index in [2.05, 4.69) is 11.8 Å². The molecule has 1 aliphatic rings. The topological polar surface area (TPSA) is 53.7 Å². The molecule has 1 fully saturated rings. The average Bonchev–Trinajstić information content (AvgIpc) is 2.61. The van der Waals surface area contributed by atoms with Crippen molar-refractivity contribution < 1.29 is 14.3 Å². The molecule has 4 heteroatoms. The van der Waals surface area contributed by atoms with E-state index < -0.39 is 5.97 Å². The number of carboxylic acids is 1. The van der Waals surface area contributed by atoms with Crippen molar-refractivity contribution in [2.24, 2.45) is 5.92 Å². The molecule has 0 aromatic carbocycles. The van der Waals surface area contributed by atoms with Crippen molar-refractivity contribution in [1.29, 1.82) is 0 Å². The van der Waals surface area contributed by atoms with E-state index in [9.17, 15) is 4.79 Å². The monoisotopic (exact) mass is 209 g/mol. The zero-order valence-corrected chi connectivity index (χ0v) is 8.72. The number of aliphatic carboxylic acids is 1. The molecule has 0 radical (unpaired) electrons. The van der Waals surface area contributed by atoms with Crippen LogP contribution in [0, 0.1) is 5.92 Å². The third-order valence-electron chi connectivity index (χ3n) is 3.02. The van der Waals surface area contributed by atoms with Crippen LogP contribution < -0.4 is 0 Å². The lowest BCUT2D eigenvalue weighted by atomic mass is 9.93. The summed E-state index contributed by atoms with van der Waals surface area (Å²) in [5, 5.41) is 8.62. The van der Waals surface area contributed by atoms with Crippen molar-refractivity contribution in [3.8, 4) is 0 Å². The van der Waals surface area contributed by atoms with Crippen LogP contribution in [0.5, 0.6) is 0 Å². The standard InChI is InChI=1S/C11H15NO3/c1-8(10-2-3-15-7-10)12-5-9(6-12)4-11(13)14/h2-3,7-9H,4-6H2,1H3,(H,13,14). The highest BCUT2D eigenvalue weighted by Gasteiger charge is 2.32. The van der Waals surface area contributed by atoms with Crippen molar-refractivity contribution in [3.63, 3.8) is 0 Å². The maximum Gasteiger partial charge on any atom is 0.303 e. The predicted octanol–water partition coefficient (Wildman–Crippen LogP) is 1.75. The molecule has 4 nitrogen and oxygen atoms in total. The summed E-state index contributed by atoms with van der Waals surface area (Å²) in [6.07, 6.45) is 3.70. The molecule has 0 spiro atoms. The van der Waals surface area contributed by atoms with Gasteiger partial charge in [0.25, 0.3) is 0 Å². The Morgan fingerprint density at radius 2 is 2.47 bits per heavy atom. The lowest BCUT2D eigenvalue weighted by Gasteiger charge is -2.42. The summed E-state index contributed by atoms with van der Waals surface area (Å²) in [7, 11) is 0. The summed E-state index contributed by atoms with van der Waals surface area (Å²) < 4.78 is 5.02. The average molecular weight is 209 g/mol. The van der Waals surface area contributed by atoms with Gasteiger partial charge in [0.05, 0.1) is 18.9 Å². The van der Waals surface area contributed by atoms with Gasteiger partial charge in [0.2, 0.25) is 0 Å². The molecule has 0 bridgehead atoms. The lowest BCUT2D eigenvalue weighted by molar-refractivity contribution is -0.139. The Bertz CT molecular complexity index is 328. The molecular weight excluding hydrogens is 194 g/mol. The summed E-state index contributed by atoms with van der Waals surface area (Å²) in [6.45, 7) is 3.86. The highest BCUT2D eigenvalue weighted by Crippen LogP contribution is 2.29. The summed E-state index contributed by atoms with van der Waals surface area (Å²) in [4.78, 5) is 12.7. The van der Waals surface area contributed by atoms with Gasteiger partial charge in [-0.25, -0.2) is 0 Å². The third kappa shape index (κ3) is 2.21. The normalized spacial score (nSPS) is 19.8.